The second kappa shape index (κ2) is 11.2. The normalized spacial score (nSPS) is 10.7. The van der Waals surface area contributed by atoms with Crippen molar-refractivity contribution in [1.82, 2.24) is 5.43 Å². The Morgan fingerprint density at radius 1 is 0.676 bits per heavy atom. The van der Waals surface area contributed by atoms with Crippen LogP contribution in [-0.4, -0.2) is 29.4 Å². The van der Waals surface area contributed by atoms with E-state index in [1.165, 1.54) is 6.92 Å². The summed E-state index contributed by atoms with van der Waals surface area (Å²) in [5, 5.41) is 8.99. The topological polar surface area (TPSA) is 126 Å². The zero-order valence-corrected chi connectivity index (χ0v) is 18.5. The lowest BCUT2D eigenvalue weighted by Gasteiger charge is -2.07. The molecule has 0 bridgehead atoms. The van der Waals surface area contributed by atoms with Crippen LogP contribution in [0.15, 0.2) is 84.0 Å². The molecule has 0 atom stereocenters. The molecule has 3 amide bonds. The number of esters is 1. The highest BCUT2D eigenvalue weighted by Crippen LogP contribution is 2.15. The molecular formula is C25H22N4O5. The fourth-order valence-corrected chi connectivity index (χ4v) is 2.78. The maximum atomic E-state index is 12.1. The van der Waals surface area contributed by atoms with Crippen molar-refractivity contribution in [2.75, 3.05) is 10.6 Å². The molecule has 0 fully saturated rings. The van der Waals surface area contributed by atoms with Crippen LogP contribution in [0.4, 0.5) is 11.4 Å². The van der Waals surface area contributed by atoms with Gasteiger partial charge in [-0.25, -0.2) is 10.2 Å². The summed E-state index contributed by atoms with van der Waals surface area (Å²) >= 11 is 0. The van der Waals surface area contributed by atoms with Crippen LogP contribution in [0.25, 0.3) is 0 Å². The van der Waals surface area contributed by atoms with E-state index in [0.717, 1.165) is 0 Å². The fraction of sp³-hybridized carbons (Fsp3) is 0.0800. The lowest BCUT2D eigenvalue weighted by Crippen LogP contribution is -2.32. The third kappa shape index (κ3) is 6.86. The molecule has 0 aromatic heterocycles. The number of ether oxygens (including phenoxy) is 1. The lowest BCUT2D eigenvalue weighted by molar-refractivity contribution is -0.136. The number of carbonyl (C=O) groups excluding carboxylic acids is 4. The molecule has 3 aromatic carbocycles. The first-order valence-electron chi connectivity index (χ1n) is 10.2. The number of benzene rings is 3. The van der Waals surface area contributed by atoms with Gasteiger partial charge < -0.3 is 15.4 Å². The number of hydrogen-bond acceptors (Lipinski definition) is 6. The van der Waals surface area contributed by atoms with Crippen molar-refractivity contribution < 1.29 is 23.9 Å². The second-order valence-electron chi connectivity index (χ2n) is 7.13. The fourth-order valence-electron chi connectivity index (χ4n) is 2.78. The molecule has 172 valence electrons. The summed E-state index contributed by atoms with van der Waals surface area (Å²) in [5.41, 5.74) is 4.70. The third-order valence-corrected chi connectivity index (χ3v) is 4.49. The Labute approximate surface area is 195 Å². The van der Waals surface area contributed by atoms with Crippen LogP contribution in [0.5, 0.6) is 5.75 Å². The van der Waals surface area contributed by atoms with Gasteiger partial charge in [-0.05, 0) is 73.2 Å². The van der Waals surface area contributed by atoms with Crippen molar-refractivity contribution in [2.45, 2.75) is 13.8 Å². The van der Waals surface area contributed by atoms with E-state index in [-0.39, 0.29) is 5.91 Å². The molecule has 0 aliphatic heterocycles. The number of carbonyl (C=O) groups is 4. The van der Waals surface area contributed by atoms with Crippen molar-refractivity contribution in [3.63, 3.8) is 0 Å². The monoisotopic (exact) mass is 458 g/mol. The number of anilines is 2. The van der Waals surface area contributed by atoms with Gasteiger partial charge in [-0.3, -0.25) is 14.4 Å². The van der Waals surface area contributed by atoms with E-state index in [1.807, 2.05) is 6.07 Å². The number of nitrogens with one attached hydrogen (secondary N) is 3. The van der Waals surface area contributed by atoms with Gasteiger partial charge in [0.05, 0.1) is 11.3 Å². The van der Waals surface area contributed by atoms with Crippen LogP contribution in [0, 0.1) is 0 Å². The summed E-state index contributed by atoms with van der Waals surface area (Å²) in [7, 11) is 0. The van der Waals surface area contributed by atoms with Gasteiger partial charge in [-0.2, -0.15) is 5.10 Å². The predicted octanol–water partition coefficient (Wildman–Crippen LogP) is 3.34. The molecule has 0 spiro atoms. The van der Waals surface area contributed by atoms with E-state index in [2.05, 4.69) is 21.2 Å². The Balaban J connectivity index is 1.53. The Morgan fingerprint density at radius 3 is 1.85 bits per heavy atom. The molecule has 34 heavy (non-hydrogen) atoms. The minimum Gasteiger partial charge on any atom is -0.423 e. The minimum atomic E-state index is -0.946. The average Bonchev–Trinajstić information content (AvgIpc) is 2.84. The quantitative estimate of drug-likeness (QED) is 0.172. The van der Waals surface area contributed by atoms with Crippen molar-refractivity contribution in [2.24, 2.45) is 5.10 Å². The second-order valence-corrected chi connectivity index (χ2v) is 7.13. The molecule has 9 nitrogen and oxygen atoms in total. The van der Waals surface area contributed by atoms with E-state index in [9.17, 15) is 19.2 Å². The SMILES string of the molecule is CC(=O)Nc1ccc(NC(=O)C(=O)NN=C(C)c2ccc(OC(=O)c3ccccc3)cc2)cc1. The van der Waals surface area contributed by atoms with Crippen LogP contribution < -0.4 is 20.8 Å². The Kier molecular flexibility index (Phi) is 7.85. The molecule has 0 aliphatic carbocycles. The molecule has 0 saturated carbocycles. The van der Waals surface area contributed by atoms with Gasteiger partial charge in [-0.1, -0.05) is 18.2 Å². The molecule has 0 aliphatic rings. The number of amides is 3. The average molecular weight is 458 g/mol. The van der Waals surface area contributed by atoms with Crippen LogP contribution in [0.2, 0.25) is 0 Å². The predicted molar refractivity (Wildman–Crippen MR) is 128 cm³/mol. The van der Waals surface area contributed by atoms with Crippen molar-refractivity contribution in [3.05, 3.63) is 90.0 Å². The maximum Gasteiger partial charge on any atom is 0.343 e. The van der Waals surface area contributed by atoms with Gasteiger partial charge in [0.2, 0.25) is 5.91 Å². The molecule has 3 rings (SSSR count). The summed E-state index contributed by atoms with van der Waals surface area (Å²) in [4.78, 5) is 47.3. The van der Waals surface area contributed by atoms with Gasteiger partial charge >= 0.3 is 17.8 Å². The number of hydrogen-bond donors (Lipinski definition) is 3. The lowest BCUT2D eigenvalue weighted by atomic mass is 10.1. The Hall–Kier alpha value is -4.79. The molecule has 3 N–H and O–H groups in total. The number of nitrogens with zero attached hydrogens (tertiary/aromatic N) is 1. The highest BCUT2D eigenvalue weighted by molar-refractivity contribution is 6.39. The first-order valence-corrected chi connectivity index (χ1v) is 10.2. The van der Waals surface area contributed by atoms with E-state index in [4.69, 9.17) is 4.74 Å². The van der Waals surface area contributed by atoms with Gasteiger partial charge in [0.15, 0.2) is 0 Å². The largest absolute Gasteiger partial charge is 0.423 e. The zero-order chi connectivity index (χ0) is 24.5. The van der Waals surface area contributed by atoms with Crippen LogP contribution in [0.1, 0.15) is 29.8 Å². The molecule has 3 aromatic rings. The highest BCUT2D eigenvalue weighted by Gasteiger charge is 2.14. The van der Waals surface area contributed by atoms with E-state index < -0.39 is 17.8 Å². The molecule has 0 heterocycles. The van der Waals surface area contributed by atoms with Gasteiger partial charge in [0.25, 0.3) is 0 Å². The van der Waals surface area contributed by atoms with Crippen molar-refractivity contribution >= 4 is 40.8 Å². The molecule has 0 radical (unpaired) electrons. The minimum absolute atomic E-state index is 0.216. The standard InChI is InChI=1S/C25H22N4O5/c1-16(18-8-14-22(15-9-18)34-25(33)19-6-4-3-5-7-19)28-29-24(32)23(31)27-21-12-10-20(11-13-21)26-17(2)30/h3-15H,1-2H3,(H,26,30)(H,27,31)(H,29,32). The highest BCUT2D eigenvalue weighted by atomic mass is 16.5. The summed E-state index contributed by atoms with van der Waals surface area (Å²) < 4.78 is 5.33. The summed E-state index contributed by atoms with van der Waals surface area (Å²) in [5.74, 6) is -2.17. The zero-order valence-electron chi connectivity index (χ0n) is 18.5. The van der Waals surface area contributed by atoms with Gasteiger partial charge in [-0.15, -0.1) is 0 Å². The first-order chi connectivity index (χ1) is 16.3. The van der Waals surface area contributed by atoms with Crippen LogP contribution in [-0.2, 0) is 14.4 Å². The van der Waals surface area contributed by atoms with E-state index >= 15 is 0 Å². The van der Waals surface area contributed by atoms with Crippen molar-refractivity contribution in [3.8, 4) is 5.75 Å². The van der Waals surface area contributed by atoms with Gasteiger partial charge in [0.1, 0.15) is 5.75 Å². The van der Waals surface area contributed by atoms with Crippen molar-refractivity contribution in [1.29, 1.82) is 0 Å². The van der Waals surface area contributed by atoms with E-state index in [1.54, 1.807) is 79.7 Å². The number of rotatable bonds is 6. The van der Waals surface area contributed by atoms with Crippen LogP contribution >= 0.6 is 0 Å². The maximum absolute atomic E-state index is 12.1. The molecular weight excluding hydrogens is 436 g/mol. The van der Waals surface area contributed by atoms with Crippen LogP contribution in [0.3, 0.4) is 0 Å². The smallest absolute Gasteiger partial charge is 0.343 e. The number of hydrazone groups is 1. The Morgan fingerprint density at radius 2 is 1.26 bits per heavy atom. The summed E-state index contributed by atoms with van der Waals surface area (Å²) in [6.07, 6.45) is 0. The van der Waals surface area contributed by atoms with E-state index in [0.29, 0.717) is 34.0 Å². The third-order valence-electron chi connectivity index (χ3n) is 4.49. The summed E-state index contributed by atoms with van der Waals surface area (Å²) in [6, 6.07) is 21.5. The molecule has 9 heteroatoms. The molecule has 0 saturated heterocycles. The molecule has 0 unspecified atom stereocenters. The Bertz CT molecular complexity index is 1220. The van der Waals surface area contributed by atoms with Gasteiger partial charge in [0, 0.05) is 18.3 Å². The summed E-state index contributed by atoms with van der Waals surface area (Å²) in [6.45, 7) is 3.04. The first kappa shape index (κ1) is 23.9.